The van der Waals surface area contributed by atoms with Crippen LogP contribution in [-0.2, 0) is 6.42 Å². The first-order valence-electron chi connectivity index (χ1n) is 9.11. The molecule has 0 aliphatic heterocycles. The van der Waals surface area contributed by atoms with E-state index in [4.69, 9.17) is 0 Å². The number of benzene rings is 3. The van der Waals surface area contributed by atoms with E-state index >= 15 is 0 Å². The molecule has 0 N–H and O–H groups in total. The second-order valence-corrected chi connectivity index (χ2v) is 7.11. The average molecular weight is 344 g/mol. The van der Waals surface area contributed by atoms with Crippen molar-refractivity contribution in [2.24, 2.45) is 0 Å². The average Bonchev–Trinajstić information content (AvgIpc) is 2.69. The Morgan fingerprint density at radius 3 is 2.46 bits per heavy atom. The maximum Gasteiger partial charge on any atom is 0.159 e. The zero-order valence-electron chi connectivity index (χ0n) is 14.4. The van der Waals surface area contributed by atoms with Gasteiger partial charge in [0.2, 0.25) is 0 Å². The predicted octanol–water partition coefficient (Wildman–Crippen LogP) is 6.83. The summed E-state index contributed by atoms with van der Waals surface area (Å²) in [6, 6.07) is 14.7. The van der Waals surface area contributed by atoms with Gasteiger partial charge in [0.25, 0.3) is 0 Å². The van der Waals surface area contributed by atoms with Gasteiger partial charge in [0.1, 0.15) is 0 Å². The van der Waals surface area contributed by atoms with Crippen molar-refractivity contribution in [2.45, 2.75) is 25.7 Å². The SMILES string of the molecule is Fc1ccc(-c2ccc3c4c(ccc3c2)C2=C(CCC=C2)CC4)cc1F. The van der Waals surface area contributed by atoms with Gasteiger partial charge >= 0.3 is 0 Å². The van der Waals surface area contributed by atoms with Crippen molar-refractivity contribution in [1.82, 2.24) is 0 Å². The van der Waals surface area contributed by atoms with E-state index in [1.54, 1.807) is 11.6 Å². The largest absolute Gasteiger partial charge is 0.204 e. The van der Waals surface area contributed by atoms with Crippen molar-refractivity contribution in [3.63, 3.8) is 0 Å². The molecule has 0 spiro atoms. The molecule has 0 nitrogen and oxygen atoms in total. The van der Waals surface area contributed by atoms with Gasteiger partial charge in [0.15, 0.2) is 11.6 Å². The Labute approximate surface area is 151 Å². The lowest BCUT2D eigenvalue weighted by molar-refractivity contribution is 0.509. The second-order valence-electron chi connectivity index (χ2n) is 7.11. The summed E-state index contributed by atoms with van der Waals surface area (Å²) in [6.45, 7) is 0. The minimum atomic E-state index is -0.812. The summed E-state index contributed by atoms with van der Waals surface area (Å²) in [5.41, 5.74) is 7.36. The van der Waals surface area contributed by atoms with E-state index in [0.717, 1.165) is 30.2 Å². The Balaban J connectivity index is 1.65. The fourth-order valence-electron chi connectivity index (χ4n) is 4.30. The molecule has 0 saturated heterocycles. The van der Waals surface area contributed by atoms with Crippen LogP contribution in [0.4, 0.5) is 8.78 Å². The maximum atomic E-state index is 13.6. The van der Waals surface area contributed by atoms with Gasteiger partial charge in [-0.2, -0.15) is 0 Å². The van der Waals surface area contributed by atoms with Crippen LogP contribution in [0, 0.1) is 11.6 Å². The highest BCUT2D eigenvalue weighted by Crippen LogP contribution is 2.40. The topological polar surface area (TPSA) is 0 Å². The van der Waals surface area contributed by atoms with E-state index in [-0.39, 0.29) is 0 Å². The summed E-state index contributed by atoms with van der Waals surface area (Å²) in [7, 11) is 0. The first-order valence-corrected chi connectivity index (χ1v) is 9.11. The van der Waals surface area contributed by atoms with Crippen LogP contribution in [0.2, 0.25) is 0 Å². The number of allylic oxidation sites excluding steroid dienone is 4. The van der Waals surface area contributed by atoms with Crippen molar-refractivity contribution in [3.05, 3.63) is 89.0 Å². The number of aryl methyl sites for hydroxylation is 1. The van der Waals surface area contributed by atoms with Crippen molar-refractivity contribution in [1.29, 1.82) is 0 Å². The molecule has 0 fully saturated rings. The molecule has 3 aromatic carbocycles. The smallest absolute Gasteiger partial charge is 0.159 e. The predicted molar refractivity (Wildman–Crippen MR) is 103 cm³/mol. The van der Waals surface area contributed by atoms with Gasteiger partial charge in [0, 0.05) is 0 Å². The third-order valence-electron chi connectivity index (χ3n) is 5.63. The molecule has 0 amide bonds. The molecular formula is C24H18F2. The van der Waals surface area contributed by atoms with Crippen LogP contribution < -0.4 is 0 Å². The number of rotatable bonds is 1. The third-order valence-corrected chi connectivity index (χ3v) is 5.63. The van der Waals surface area contributed by atoms with E-state index < -0.39 is 11.6 Å². The monoisotopic (exact) mass is 344 g/mol. The molecule has 2 heteroatoms. The Hall–Kier alpha value is -2.74. The molecule has 2 aliphatic carbocycles. The van der Waals surface area contributed by atoms with Crippen molar-refractivity contribution in [2.75, 3.05) is 0 Å². The van der Waals surface area contributed by atoms with Crippen LogP contribution in [0.25, 0.3) is 27.5 Å². The molecule has 26 heavy (non-hydrogen) atoms. The van der Waals surface area contributed by atoms with Crippen LogP contribution in [0.1, 0.15) is 30.4 Å². The lowest BCUT2D eigenvalue weighted by atomic mass is 9.79. The van der Waals surface area contributed by atoms with E-state index in [2.05, 4.69) is 36.4 Å². The quantitative estimate of drug-likeness (QED) is 0.453. The highest BCUT2D eigenvalue weighted by Gasteiger charge is 2.20. The maximum absolute atomic E-state index is 13.6. The minimum absolute atomic E-state index is 0.698. The molecule has 0 aromatic heterocycles. The van der Waals surface area contributed by atoms with Crippen LogP contribution in [0.3, 0.4) is 0 Å². The van der Waals surface area contributed by atoms with E-state index in [9.17, 15) is 8.78 Å². The van der Waals surface area contributed by atoms with Crippen molar-refractivity contribution < 1.29 is 8.78 Å². The van der Waals surface area contributed by atoms with Crippen molar-refractivity contribution in [3.8, 4) is 11.1 Å². The molecule has 3 aromatic rings. The Morgan fingerprint density at radius 2 is 1.58 bits per heavy atom. The second kappa shape index (κ2) is 5.91. The van der Waals surface area contributed by atoms with Crippen LogP contribution in [0.5, 0.6) is 0 Å². The molecule has 0 saturated carbocycles. The van der Waals surface area contributed by atoms with Gasteiger partial charge in [-0.25, -0.2) is 8.78 Å². The van der Waals surface area contributed by atoms with E-state index in [1.165, 1.54) is 40.6 Å². The normalized spacial score (nSPS) is 15.9. The molecule has 0 unspecified atom stereocenters. The highest BCUT2D eigenvalue weighted by atomic mass is 19.2. The number of hydrogen-bond donors (Lipinski definition) is 0. The molecule has 2 aliphatic rings. The molecule has 5 rings (SSSR count). The number of halogens is 2. The fraction of sp³-hybridized carbons (Fsp3) is 0.167. The van der Waals surface area contributed by atoms with E-state index in [0.29, 0.717) is 5.56 Å². The summed E-state index contributed by atoms with van der Waals surface area (Å²) in [5.74, 6) is -1.62. The van der Waals surface area contributed by atoms with Crippen molar-refractivity contribution >= 4 is 16.3 Å². The summed E-state index contributed by atoms with van der Waals surface area (Å²) in [5, 5.41) is 2.41. The van der Waals surface area contributed by atoms with Gasteiger partial charge in [-0.1, -0.05) is 48.1 Å². The molecule has 0 bridgehead atoms. The van der Waals surface area contributed by atoms with Crippen LogP contribution in [0.15, 0.2) is 66.3 Å². The summed E-state index contributed by atoms with van der Waals surface area (Å²) in [6.07, 6.45) is 9.08. The molecule has 0 radical (unpaired) electrons. The lowest BCUT2D eigenvalue weighted by Gasteiger charge is -2.25. The Morgan fingerprint density at radius 1 is 0.731 bits per heavy atom. The summed E-state index contributed by atoms with van der Waals surface area (Å²) < 4.78 is 26.8. The van der Waals surface area contributed by atoms with Gasteiger partial charge in [-0.15, -0.1) is 0 Å². The standard InChI is InChI=1S/C24H18F2/c25-23-12-8-17(14-24(23)26)16-6-9-20-18(13-16)7-11-21-19-4-2-1-3-15(19)5-10-22(20)21/h2,4,6-9,11-14H,1,3,5,10H2. The third kappa shape index (κ3) is 2.40. The molecular weight excluding hydrogens is 326 g/mol. The van der Waals surface area contributed by atoms with Crippen LogP contribution >= 0.6 is 0 Å². The first-order chi connectivity index (χ1) is 12.7. The van der Waals surface area contributed by atoms with Gasteiger partial charge < -0.3 is 0 Å². The van der Waals surface area contributed by atoms with Crippen LogP contribution in [-0.4, -0.2) is 0 Å². The van der Waals surface area contributed by atoms with Gasteiger partial charge in [0.05, 0.1) is 0 Å². The first kappa shape index (κ1) is 15.5. The lowest BCUT2D eigenvalue weighted by Crippen LogP contribution is -2.07. The Kier molecular flexibility index (Phi) is 3.53. The number of fused-ring (bicyclic) bond motifs is 4. The van der Waals surface area contributed by atoms with E-state index in [1.807, 2.05) is 6.07 Å². The summed E-state index contributed by atoms with van der Waals surface area (Å²) in [4.78, 5) is 0. The minimum Gasteiger partial charge on any atom is -0.204 e. The zero-order chi connectivity index (χ0) is 17.7. The highest BCUT2D eigenvalue weighted by molar-refractivity contribution is 5.95. The number of hydrogen-bond acceptors (Lipinski definition) is 0. The molecule has 0 atom stereocenters. The van der Waals surface area contributed by atoms with Gasteiger partial charge in [-0.3, -0.25) is 0 Å². The fourth-order valence-corrected chi connectivity index (χ4v) is 4.30. The molecule has 128 valence electrons. The molecule has 0 heterocycles. The van der Waals surface area contributed by atoms with Gasteiger partial charge in [-0.05, 0) is 82.5 Å². The zero-order valence-corrected chi connectivity index (χ0v) is 14.4. The Bertz CT molecular complexity index is 1100. The summed E-state index contributed by atoms with van der Waals surface area (Å²) >= 11 is 0.